The van der Waals surface area contributed by atoms with Gasteiger partial charge in [-0.25, -0.2) is 4.79 Å². The summed E-state index contributed by atoms with van der Waals surface area (Å²) in [4.78, 5) is 36.0. The van der Waals surface area contributed by atoms with Gasteiger partial charge in [-0.1, -0.05) is 61.5 Å². The molecule has 0 fully saturated rings. The van der Waals surface area contributed by atoms with Gasteiger partial charge in [-0.15, -0.1) is 0 Å². The van der Waals surface area contributed by atoms with E-state index >= 15 is 0 Å². The van der Waals surface area contributed by atoms with Crippen LogP contribution in [0.2, 0.25) is 0 Å². The van der Waals surface area contributed by atoms with Gasteiger partial charge in [0.2, 0.25) is 5.78 Å². The first-order chi connectivity index (χ1) is 12.9. The number of esters is 1. The zero-order chi connectivity index (χ0) is 19.8. The van der Waals surface area contributed by atoms with Crippen LogP contribution >= 0.6 is 0 Å². The molecule has 6 nitrogen and oxygen atoms in total. The molecule has 142 valence electrons. The van der Waals surface area contributed by atoms with Gasteiger partial charge < -0.3 is 15.8 Å². The van der Waals surface area contributed by atoms with E-state index in [-0.39, 0.29) is 12.2 Å². The maximum Gasteiger partial charge on any atom is 0.312 e. The van der Waals surface area contributed by atoms with Gasteiger partial charge in [0.15, 0.2) is 6.10 Å². The number of amides is 2. The fraction of sp³-hybridized carbons (Fsp3) is 0.286. The summed E-state index contributed by atoms with van der Waals surface area (Å²) in [6.07, 6.45) is -0.165. The topological polar surface area (TPSA) is 98.5 Å². The highest BCUT2D eigenvalue weighted by atomic mass is 16.5. The quantitative estimate of drug-likeness (QED) is 0.552. The number of carbonyl (C=O) groups excluding carboxylic acids is 3. The molecule has 2 rings (SSSR count). The summed E-state index contributed by atoms with van der Waals surface area (Å²) >= 11 is 0. The summed E-state index contributed by atoms with van der Waals surface area (Å²) in [5.74, 6) is -0.867. The highest BCUT2D eigenvalue weighted by Crippen LogP contribution is 2.18. The van der Waals surface area contributed by atoms with Crippen molar-refractivity contribution in [1.82, 2.24) is 5.32 Å². The van der Waals surface area contributed by atoms with Crippen LogP contribution < -0.4 is 11.1 Å². The van der Waals surface area contributed by atoms with Crippen molar-refractivity contribution in [2.75, 3.05) is 0 Å². The number of ketones is 1. The van der Waals surface area contributed by atoms with E-state index in [4.69, 9.17) is 10.5 Å². The highest BCUT2D eigenvalue weighted by molar-refractivity contribution is 6.00. The molecular weight excluding hydrogens is 344 g/mol. The van der Waals surface area contributed by atoms with Crippen LogP contribution in [0.15, 0.2) is 54.6 Å². The molecule has 27 heavy (non-hydrogen) atoms. The number of carbonyl (C=O) groups is 3. The van der Waals surface area contributed by atoms with Crippen LogP contribution in [-0.4, -0.2) is 23.9 Å². The van der Waals surface area contributed by atoms with Gasteiger partial charge in [0.1, 0.15) is 0 Å². The minimum absolute atomic E-state index is 0.126. The van der Waals surface area contributed by atoms with Crippen molar-refractivity contribution >= 4 is 17.8 Å². The molecule has 0 aliphatic rings. The van der Waals surface area contributed by atoms with E-state index in [1.807, 2.05) is 25.1 Å². The molecule has 0 aliphatic carbocycles. The summed E-state index contributed by atoms with van der Waals surface area (Å²) in [6, 6.07) is 14.8. The van der Waals surface area contributed by atoms with Gasteiger partial charge in [-0.05, 0) is 24.5 Å². The molecule has 2 aromatic rings. The normalized spacial score (nSPS) is 12.7. The lowest BCUT2D eigenvalue weighted by Crippen LogP contribution is -2.35. The molecule has 3 N–H and O–H groups in total. The van der Waals surface area contributed by atoms with Crippen LogP contribution in [-0.2, 0) is 16.0 Å². The Balaban J connectivity index is 2.00. The molecule has 6 heteroatoms. The number of hydrogen-bond acceptors (Lipinski definition) is 4. The number of primary amides is 1. The standard InChI is InChI=1S/C21H24N2O4/c1-3-15-9-11-17(12-10-15)20(25)14(2)27-19(24)13-18(23-21(22)26)16-7-5-4-6-8-16/h4-12,14,18H,3,13H2,1-2H3,(H3,22,23,26)/t14-,18+/m1/s1. The molecule has 2 amide bonds. The number of benzene rings is 2. The molecule has 0 aliphatic heterocycles. The van der Waals surface area contributed by atoms with E-state index in [0.29, 0.717) is 5.56 Å². The average Bonchev–Trinajstić information content (AvgIpc) is 2.67. The van der Waals surface area contributed by atoms with Crippen molar-refractivity contribution in [2.45, 2.75) is 38.8 Å². The number of aryl methyl sites for hydroxylation is 1. The number of rotatable bonds is 8. The second-order valence-corrected chi connectivity index (χ2v) is 6.22. The minimum atomic E-state index is -0.921. The zero-order valence-electron chi connectivity index (χ0n) is 15.5. The van der Waals surface area contributed by atoms with Crippen molar-refractivity contribution in [1.29, 1.82) is 0 Å². The third-order valence-corrected chi connectivity index (χ3v) is 4.21. The Morgan fingerprint density at radius 2 is 1.67 bits per heavy atom. The van der Waals surface area contributed by atoms with E-state index in [2.05, 4.69) is 5.32 Å². The van der Waals surface area contributed by atoms with E-state index in [1.54, 1.807) is 36.4 Å². The van der Waals surface area contributed by atoms with Crippen LogP contribution in [0.3, 0.4) is 0 Å². The van der Waals surface area contributed by atoms with Gasteiger partial charge in [-0.3, -0.25) is 9.59 Å². The van der Waals surface area contributed by atoms with Gasteiger partial charge in [0.05, 0.1) is 12.5 Å². The predicted molar refractivity (Wildman–Crippen MR) is 102 cm³/mol. The van der Waals surface area contributed by atoms with Crippen LogP contribution in [0.25, 0.3) is 0 Å². The summed E-state index contributed by atoms with van der Waals surface area (Å²) in [6.45, 7) is 3.57. The largest absolute Gasteiger partial charge is 0.454 e. The molecule has 0 aromatic heterocycles. The Morgan fingerprint density at radius 3 is 2.22 bits per heavy atom. The van der Waals surface area contributed by atoms with E-state index in [1.165, 1.54) is 6.92 Å². The van der Waals surface area contributed by atoms with Crippen molar-refractivity contribution in [3.63, 3.8) is 0 Å². The molecule has 2 atom stereocenters. The minimum Gasteiger partial charge on any atom is -0.454 e. The van der Waals surface area contributed by atoms with Gasteiger partial charge in [-0.2, -0.15) is 0 Å². The number of ether oxygens (including phenoxy) is 1. The molecule has 0 bridgehead atoms. The third-order valence-electron chi connectivity index (χ3n) is 4.21. The highest BCUT2D eigenvalue weighted by Gasteiger charge is 2.23. The second kappa shape index (κ2) is 9.52. The van der Waals surface area contributed by atoms with Crippen molar-refractivity contribution < 1.29 is 19.1 Å². The monoisotopic (exact) mass is 368 g/mol. The van der Waals surface area contributed by atoms with Crippen molar-refractivity contribution in [3.05, 3.63) is 71.3 Å². The van der Waals surface area contributed by atoms with E-state index in [9.17, 15) is 14.4 Å². The first kappa shape index (κ1) is 20.2. The lowest BCUT2D eigenvalue weighted by atomic mass is 10.0. The number of nitrogens with one attached hydrogen (secondary N) is 1. The summed E-state index contributed by atoms with van der Waals surface area (Å²) in [5.41, 5.74) is 7.54. The van der Waals surface area contributed by atoms with Gasteiger partial charge >= 0.3 is 12.0 Å². The lowest BCUT2D eigenvalue weighted by molar-refractivity contribution is -0.146. The van der Waals surface area contributed by atoms with E-state index in [0.717, 1.165) is 17.5 Å². The fourth-order valence-electron chi connectivity index (χ4n) is 2.71. The number of nitrogens with two attached hydrogens (primary N) is 1. The smallest absolute Gasteiger partial charge is 0.312 e. The Hall–Kier alpha value is -3.15. The first-order valence-corrected chi connectivity index (χ1v) is 8.84. The first-order valence-electron chi connectivity index (χ1n) is 8.84. The summed E-state index contributed by atoms with van der Waals surface area (Å²) in [5, 5.41) is 2.53. The molecule has 0 unspecified atom stereocenters. The van der Waals surface area contributed by atoms with E-state index < -0.39 is 24.1 Å². The SMILES string of the molecule is CCc1ccc(C(=O)[C@@H](C)OC(=O)C[C@H](NC(N)=O)c2ccccc2)cc1. The Bertz CT molecular complexity index is 788. The summed E-state index contributed by atoms with van der Waals surface area (Å²) < 4.78 is 5.28. The van der Waals surface area contributed by atoms with Gasteiger partial charge in [0.25, 0.3) is 0 Å². The van der Waals surface area contributed by atoms with Crippen LogP contribution in [0, 0.1) is 0 Å². The number of urea groups is 1. The molecule has 0 saturated carbocycles. The van der Waals surface area contributed by atoms with Crippen LogP contribution in [0.4, 0.5) is 4.79 Å². The number of hydrogen-bond donors (Lipinski definition) is 2. The lowest BCUT2D eigenvalue weighted by Gasteiger charge is -2.19. The maximum absolute atomic E-state index is 12.4. The fourth-order valence-corrected chi connectivity index (χ4v) is 2.71. The molecular formula is C21H24N2O4. The molecule has 0 radical (unpaired) electrons. The van der Waals surface area contributed by atoms with Crippen molar-refractivity contribution in [2.24, 2.45) is 5.73 Å². The molecule has 2 aromatic carbocycles. The van der Waals surface area contributed by atoms with Crippen LogP contribution in [0.5, 0.6) is 0 Å². The molecule has 0 saturated heterocycles. The zero-order valence-corrected chi connectivity index (χ0v) is 15.5. The Kier molecular flexibility index (Phi) is 7.11. The van der Waals surface area contributed by atoms with Crippen LogP contribution in [0.1, 0.15) is 47.8 Å². The van der Waals surface area contributed by atoms with Crippen molar-refractivity contribution in [3.8, 4) is 0 Å². The third kappa shape index (κ3) is 5.95. The molecule has 0 spiro atoms. The average molecular weight is 368 g/mol. The second-order valence-electron chi connectivity index (χ2n) is 6.22. The Morgan fingerprint density at radius 1 is 1.04 bits per heavy atom. The predicted octanol–water partition coefficient (Wildman–Crippen LogP) is 3.16. The maximum atomic E-state index is 12.4. The molecule has 0 heterocycles. The Labute approximate surface area is 158 Å². The summed E-state index contributed by atoms with van der Waals surface area (Å²) in [7, 11) is 0. The van der Waals surface area contributed by atoms with Gasteiger partial charge in [0, 0.05) is 5.56 Å². The number of Topliss-reactive ketones (excluding diaryl/α,β-unsaturated/α-hetero) is 1.